The van der Waals surface area contributed by atoms with Crippen LogP contribution in [0.15, 0.2) is 68.0 Å². The first-order valence-electron chi connectivity index (χ1n) is 8.74. The van der Waals surface area contributed by atoms with Gasteiger partial charge in [0.2, 0.25) is 0 Å². The van der Waals surface area contributed by atoms with Crippen molar-refractivity contribution < 1.29 is 0 Å². The van der Waals surface area contributed by atoms with Crippen LogP contribution in [-0.4, -0.2) is 0 Å². The Morgan fingerprint density at radius 3 is 1.12 bits per heavy atom. The molecule has 0 amide bonds. The maximum atomic E-state index is 5.83. The van der Waals surface area contributed by atoms with Crippen molar-refractivity contribution in [3.05, 3.63) is 68.0 Å². The summed E-state index contributed by atoms with van der Waals surface area (Å²) in [5.74, 6) is 0. The second-order valence-electron chi connectivity index (χ2n) is 7.07. The Labute approximate surface area is 150 Å². The van der Waals surface area contributed by atoms with Gasteiger partial charge in [0, 0.05) is 0 Å². The predicted octanol–water partition coefficient (Wildman–Crippen LogP) is 7.16. The molecule has 0 unspecified atom stereocenters. The monoisotopic (exact) mass is 327 g/mol. The highest BCUT2D eigenvalue weighted by molar-refractivity contribution is 5.64. The minimum absolute atomic E-state index is 1.12. The second kappa shape index (κ2) is 9.52. The van der Waals surface area contributed by atoms with E-state index in [1.807, 2.05) is 0 Å². The van der Waals surface area contributed by atoms with E-state index >= 15 is 0 Å². The van der Waals surface area contributed by atoms with Crippen molar-refractivity contribution in [2.75, 3.05) is 0 Å². The van der Waals surface area contributed by atoms with Crippen molar-refractivity contribution in [2.24, 2.45) is 5.73 Å². The van der Waals surface area contributed by atoms with Gasteiger partial charge in [-0.1, -0.05) is 22.8 Å². The standard InChI is InChI=1S/C23H37N/c1-12-16(6)20(10)22(18(8)14(2)3)23(19(9)15(4)5)21(11)17(7)13-24/h12-13H,24H2,1-11H3/b16-12-,17-13-,22-20+,23-21+. The molecule has 2 N–H and O–H groups in total. The SMILES string of the molecule is C\C=C(C)/C(C)=C(C(C)=C(C)C)/C(C(C)=C(C)C)=C(C)/C(C)=C\N. The van der Waals surface area contributed by atoms with E-state index in [-0.39, 0.29) is 0 Å². The van der Waals surface area contributed by atoms with E-state index in [9.17, 15) is 0 Å². The zero-order valence-electron chi connectivity index (χ0n) is 17.7. The summed E-state index contributed by atoms with van der Waals surface area (Å²) in [6.07, 6.45) is 3.89. The third-order valence-electron chi connectivity index (χ3n) is 5.12. The van der Waals surface area contributed by atoms with Gasteiger partial charge in [-0.15, -0.1) is 0 Å². The summed E-state index contributed by atoms with van der Waals surface area (Å²) < 4.78 is 0. The van der Waals surface area contributed by atoms with Crippen LogP contribution in [0.1, 0.15) is 76.2 Å². The van der Waals surface area contributed by atoms with Crippen LogP contribution in [0, 0.1) is 0 Å². The predicted molar refractivity (Wildman–Crippen MR) is 111 cm³/mol. The van der Waals surface area contributed by atoms with Crippen LogP contribution < -0.4 is 5.73 Å². The lowest BCUT2D eigenvalue weighted by atomic mass is 9.81. The van der Waals surface area contributed by atoms with Crippen molar-refractivity contribution in [3.63, 3.8) is 0 Å². The van der Waals surface area contributed by atoms with E-state index in [2.05, 4.69) is 82.2 Å². The van der Waals surface area contributed by atoms with E-state index in [0.29, 0.717) is 0 Å². The van der Waals surface area contributed by atoms with E-state index in [1.54, 1.807) is 6.20 Å². The summed E-state index contributed by atoms with van der Waals surface area (Å²) in [4.78, 5) is 0. The number of hydrogen-bond acceptors (Lipinski definition) is 1. The van der Waals surface area contributed by atoms with Crippen LogP contribution in [0.5, 0.6) is 0 Å². The summed E-state index contributed by atoms with van der Waals surface area (Å²) in [6.45, 7) is 23.9. The Morgan fingerprint density at radius 1 is 0.542 bits per heavy atom. The zero-order valence-corrected chi connectivity index (χ0v) is 17.7. The van der Waals surface area contributed by atoms with Crippen LogP contribution in [-0.2, 0) is 0 Å². The minimum Gasteiger partial charge on any atom is -0.404 e. The molecule has 0 saturated carbocycles. The first-order chi connectivity index (χ1) is 11.0. The highest BCUT2D eigenvalue weighted by Gasteiger charge is 2.18. The third-order valence-corrected chi connectivity index (χ3v) is 5.12. The Hall–Kier alpha value is -1.76. The summed E-state index contributed by atoms with van der Waals surface area (Å²) in [5, 5.41) is 0. The van der Waals surface area contributed by atoms with Crippen molar-refractivity contribution in [1.82, 2.24) is 0 Å². The Balaban J connectivity index is 7.29. The van der Waals surface area contributed by atoms with Gasteiger partial charge in [0.05, 0.1) is 0 Å². The molecule has 0 aliphatic heterocycles. The Bertz CT molecular complexity index is 603. The number of hydrogen-bond donors (Lipinski definition) is 1. The molecule has 0 radical (unpaired) electrons. The van der Waals surface area contributed by atoms with Crippen LogP contribution in [0.25, 0.3) is 0 Å². The lowest BCUT2D eigenvalue weighted by Gasteiger charge is -2.23. The first-order valence-corrected chi connectivity index (χ1v) is 8.74. The van der Waals surface area contributed by atoms with E-state index < -0.39 is 0 Å². The summed E-state index contributed by atoms with van der Waals surface area (Å²) in [6, 6.07) is 0. The van der Waals surface area contributed by atoms with Crippen LogP contribution in [0.2, 0.25) is 0 Å². The summed E-state index contributed by atoms with van der Waals surface area (Å²) in [5.41, 5.74) is 18.8. The normalized spacial score (nSPS) is 14.8. The van der Waals surface area contributed by atoms with Crippen LogP contribution in [0.4, 0.5) is 0 Å². The molecule has 0 atom stereocenters. The second-order valence-corrected chi connectivity index (χ2v) is 7.07. The quantitative estimate of drug-likeness (QED) is 0.532. The molecule has 0 aromatic rings. The number of nitrogens with two attached hydrogens (primary N) is 1. The fraction of sp³-hybridized carbons (Fsp3) is 0.478. The van der Waals surface area contributed by atoms with Gasteiger partial charge < -0.3 is 5.73 Å². The van der Waals surface area contributed by atoms with Crippen molar-refractivity contribution >= 4 is 0 Å². The molecular weight excluding hydrogens is 290 g/mol. The van der Waals surface area contributed by atoms with Crippen LogP contribution in [0.3, 0.4) is 0 Å². The molecule has 0 rings (SSSR count). The average Bonchev–Trinajstić information content (AvgIpc) is 2.55. The van der Waals surface area contributed by atoms with Gasteiger partial charge in [-0.25, -0.2) is 0 Å². The summed E-state index contributed by atoms with van der Waals surface area (Å²) in [7, 11) is 0. The van der Waals surface area contributed by atoms with Gasteiger partial charge >= 0.3 is 0 Å². The molecule has 0 aliphatic carbocycles. The number of allylic oxidation sites excluding steroid dienone is 11. The summed E-state index contributed by atoms with van der Waals surface area (Å²) >= 11 is 0. The molecule has 0 aromatic heterocycles. The van der Waals surface area contributed by atoms with Gasteiger partial charge in [-0.3, -0.25) is 0 Å². The Kier molecular flexibility index (Phi) is 8.82. The molecular formula is C23H37N. The topological polar surface area (TPSA) is 26.0 Å². The maximum absolute atomic E-state index is 5.83. The van der Waals surface area contributed by atoms with Crippen molar-refractivity contribution in [3.8, 4) is 0 Å². The van der Waals surface area contributed by atoms with Gasteiger partial charge in [-0.2, -0.15) is 0 Å². The molecule has 0 aliphatic rings. The van der Waals surface area contributed by atoms with Crippen LogP contribution >= 0.6 is 0 Å². The molecule has 0 bridgehead atoms. The average molecular weight is 328 g/mol. The zero-order chi connectivity index (χ0) is 19.2. The number of rotatable bonds is 5. The highest BCUT2D eigenvalue weighted by atomic mass is 14.5. The Morgan fingerprint density at radius 2 is 0.875 bits per heavy atom. The maximum Gasteiger partial charge on any atom is -0.00297 e. The van der Waals surface area contributed by atoms with Gasteiger partial charge in [0.15, 0.2) is 0 Å². The van der Waals surface area contributed by atoms with E-state index in [4.69, 9.17) is 5.73 Å². The van der Waals surface area contributed by atoms with Gasteiger partial charge in [-0.05, 0) is 121 Å². The minimum atomic E-state index is 1.12. The van der Waals surface area contributed by atoms with Crippen molar-refractivity contribution in [2.45, 2.75) is 76.2 Å². The van der Waals surface area contributed by atoms with E-state index in [1.165, 1.54) is 50.2 Å². The molecule has 1 heteroatoms. The third kappa shape index (κ3) is 5.12. The lowest BCUT2D eigenvalue weighted by Crippen LogP contribution is -2.05. The molecule has 0 heterocycles. The highest BCUT2D eigenvalue weighted by Crippen LogP contribution is 2.37. The molecule has 134 valence electrons. The first kappa shape index (κ1) is 22.2. The fourth-order valence-corrected chi connectivity index (χ4v) is 2.55. The smallest absolute Gasteiger partial charge is 0.00297 e. The van der Waals surface area contributed by atoms with E-state index in [0.717, 1.165) is 5.57 Å². The molecule has 0 saturated heterocycles. The molecule has 0 aromatic carbocycles. The molecule has 0 fully saturated rings. The van der Waals surface area contributed by atoms with Crippen molar-refractivity contribution in [1.29, 1.82) is 0 Å². The molecule has 0 spiro atoms. The molecule has 1 nitrogen and oxygen atoms in total. The van der Waals surface area contributed by atoms with Gasteiger partial charge in [0.1, 0.15) is 0 Å². The molecule has 24 heavy (non-hydrogen) atoms. The largest absolute Gasteiger partial charge is 0.404 e. The lowest BCUT2D eigenvalue weighted by molar-refractivity contribution is 1.12. The van der Waals surface area contributed by atoms with Gasteiger partial charge in [0.25, 0.3) is 0 Å². The fourth-order valence-electron chi connectivity index (χ4n) is 2.55.